The summed E-state index contributed by atoms with van der Waals surface area (Å²) in [6, 6.07) is 7.26. The summed E-state index contributed by atoms with van der Waals surface area (Å²) < 4.78 is 5.28. The number of benzene rings is 1. The number of carbonyl (C=O) groups is 2. The van der Waals surface area contributed by atoms with Crippen LogP contribution in [0.3, 0.4) is 0 Å². The van der Waals surface area contributed by atoms with Gasteiger partial charge in [-0.15, -0.1) is 0 Å². The van der Waals surface area contributed by atoms with Crippen LogP contribution in [0.1, 0.15) is 16.8 Å². The van der Waals surface area contributed by atoms with E-state index in [1.807, 2.05) is 18.2 Å². The number of fused-ring (bicyclic) bond motifs is 1. The predicted octanol–water partition coefficient (Wildman–Crippen LogP) is 2.34. The molecule has 86 valence electrons. The Morgan fingerprint density at radius 1 is 1.24 bits per heavy atom. The van der Waals surface area contributed by atoms with Crippen molar-refractivity contribution >= 4 is 22.7 Å². The fraction of sp³-hybridized carbons (Fsp3) is 0.231. The van der Waals surface area contributed by atoms with Crippen molar-refractivity contribution in [2.75, 3.05) is 0 Å². The second-order valence-electron chi connectivity index (χ2n) is 4.30. The van der Waals surface area contributed by atoms with Gasteiger partial charge in [0.05, 0.1) is 11.5 Å². The molecule has 1 aliphatic rings. The molecule has 1 N–H and O–H groups in total. The van der Waals surface area contributed by atoms with Gasteiger partial charge in [-0.05, 0) is 12.5 Å². The Balaban J connectivity index is 1.95. The standard InChI is InChI=1S/C13H10O4/c14-12(8-5-9(8)13(15)16)10-6-17-11-4-2-1-3-7(10)11/h1-4,6,8-9H,5H2,(H,15,16). The molecule has 0 amide bonds. The van der Waals surface area contributed by atoms with Crippen LogP contribution in [0.5, 0.6) is 0 Å². The summed E-state index contributed by atoms with van der Waals surface area (Å²) in [6.45, 7) is 0. The van der Waals surface area contributed by atoms with Crippen LogP contribution in [0.15, 0.2) is 34.9 Å². The molecule has 0 bridgehead atoms. The van der Waals surface area contributed by atoms with Crippen molar-refractivity contribution in [1.29, 1.82) is 0 Å². The molecule has 1 saturated carbocycles. The van der Waals surface area contributed by atoms with Crippen molar-refractivity contribution in [2.45, 2.75) is 6.42 Å². The highest BCUT2D eigenvalue weighted by Gasteiger charge is 2.48. The van der Waals surface area contributed by atoms with Crippen molar-refractivity contribution in [3.05, 3.63) is 36.1 Å². The van der Waals surface area contributed by atoms with E-state index >= 15 is 0 Å². The number of Topliss-reactive ketones (excluding diaryl/α,β-unsaturated/α-hetero) is 1. The van der Waals surface area contributed by atoms with Gasteiger partial charge in [-0.25, -0.2) is 0 Å². The first-order valence-corrected chi connectivity index (χ1v) is 5.41. The quantitative estimate of drug-likeness (QED) is 0.822. The molecule has 2 aromatic rings. The van der Waals surface area contributed by atoms with Crippen LogP contribution < -0.4 is 0 Å². The zero-order valence-corrected chi connectivity index (χ0v) is 8.92. The highest BCUT2D eigenvalue weighted by Crippen LogP contribution is 2.42. The Labute approximate surface area is 96.8 Å². The van der Waals surface area contributed by atoms with E-state index in [-0.39, 0.29) is 11.7 Å². The van der Waals surface area contributed by atoms with Crippen molar-refractivity contribution < 1.29 is 19.1 Å². The predicted molar refractivity (Wildman–Crippen MR) is 59.8 cm³/mol. The lowest BCUT2D eigenvalue weighted by Gasteiger charge is -1.95. The molecule has 1 heterocycles. The van der Waals surface area contributed by atoms with Gasteiger partial charge in [0.25, 0.3) is 0 Å². The maximum atomic E-state index is 12.1. The minimum atomic E-state index is -0.892. The maximum absolute atomic E-state index is 12.1. The minimum Gasteiger partial charge on any atom is -0.481 e. The van der Waals surface area contributed by atoms with Crippen molar-refractivity contribution in [3.8, 4) is 0 Å². The molecule has 0 aliphatic heterocycles. The molecular formula is C13H10O4. The monoisotopic (exact) mass is 230 g/mol. The number of furan rings is 1. The molecule has 1 aliphatic carbocycles. The first-order valence-electron chi connectivity index (χ1n) is 5.41. The number of ketones is 1. The van der Waals surface area contributed by atoms with E-state index < -0.39 is 11.9 Å². The van der Waals surface area contributed by atoms with Crippen molar-refractivity contribution in [1.82, 2.24) is 0 Å². The average molecular weight is 230 g/mol. The van der Waals surface area contributed by atoms with E-state index in [0.717, 1.165) is 5.39 Å². The smallest absolute Gasteiger partial charge is 0.307 e. The SMILES string of the molecule is O=C(O)C1CC1C(=O)c1coc2ccccc12. The molecule has 0 saturated heterocycles. The summed E-state index contributed by atoms with van der Waals surface area (Å²) in [5, 5.41) is 9.57. The van der Waals surface area contributed by atoms with Crippen LogP contribution in [0.25, 0.3) is 11.0 Å². The summed E-state index contributed by atoms with van der Waals surface area (Å²) in [5.41, 5.74) is 1.15. The van der Waals surface area contributed by atoms with Gasteiger partial charge < -0.3 is 9.52 Å². The van der Waals surface area contributed by atoms with Gasteiger partial charge in [-0.3, -0.25) is 9.59 Å². The highest BCUT2D eigenvalue weighted by molar-refractivity contribution is 6.10. The van der Waals surface area contributed by atoms with E-state index in [9.17, 15) is 9.59 Å². The first-order chi connectivity index (χ1) is 8.18. The van der Waals surface area contributed by atoms with Crippen LogP contribution in [0.4, 0.5) is 0 Å². The van der Waals surface area contributed by atoms with Gasteiger partial charge in [0.1, 0.15) is 11.8 Å². The number of hydrogen-bond donors (Lipinski definition) is 1. The normalized spacial score (nSPS) is 22.6. The zero-order chi connectivity index (χ0) is 12.0. The van der Waals surface area contributed by atoms with Crippen molar-refractivity contribution in [2.24, 2.45) is 11.8 Å². The topological polar surface area (TPSA) is 67.5 Å². The van der Waals surface area contributed by atoms with Crippen molar-refractivity contribution in [3.63, 3.8) is 0 Å². The van der Waals surface area contributed by atoms with E-state index in [4.69, 9.17) is 9.52 Å². The number of rotatable bonds is 3. The molecule has 0 spiro atoms. The van der Waals surface area contributed by atoms with Crippen LogP contribution in [0, 0.1) is 11.8 Å². The molecule has 4 nitrogen and oxygen atoms in total. The Hall–Kier alpha value is -2.10. The molecular weight excluding hydrogens is 220 g/mol. The average Bonchev–Trinajstić information content (AvgIpc) is 3.02. The molecule has 17 heavy (non-hydrogen) atoms. The van der Waals surface area contributed by atoms with Gasteiger partial charge in [-0.2, -0.15) is 0 Å². The molecule has 0 radical (unpaired) electrons. The number of para-hydroxylation sites is 1. The van der Waals surface area contributed by atoms with Gasteiger partial charge in [0.15, 0.2) is 5.78 Å². The Kier molecular flexibility index (Phi) is 2.04. The second kappa shape index (κ2) is 3.45. The molecule has 2 unspecified atom stereocenters. The largest absolute Gasteiger partial charge is 0.481 e. The zero-order valence-electron chi connectivity index (χ0n) is 8.92. The third-order valence-corrected chi connectivity index (χ3v) is 3.19. The number of carboxylic acids is 1. The lowest BCUT2D eigenvalue weighted by Crippen LogP contribution is -2.07. The number of carbonyl (C=O) groups excluding carboxylic acids is 1. The summed E-state index contributed by atoms with van der Waals surface area (Å²) in [4.78, 5) is 22.8. The van der Waals surface area contributed by atoms with Gasteiger partial charge in [0, 0.05) is 11.3 Å². The van der Waals surface area contributed by atoms with Crippen LogP contribution in [0.2, 0.25) is 0 Å². The third kappa shape index (κ3) is 1.53. The Bertz CT molecular complexity index is 611. The van der Waals surface area contributed by atoms with Gasteiger partial charge in [0.2, 0.25) is 0 Å². The van der Waals surface area contributed by atoms with E-state index in [0.29, 0.717) is 17.6 Å². The molecule has 1 aromatic carbocycles. The summed E-state index contributed by atoms with van der Waals surface area (Å²) in [6.07, 6.45) is 1.86. The lowest BCUT2D eigenvalue weighted by atomic mass is 10.1. The van der Waals surface area contributed by atoms with Crippen LogP contribution >= 0.6 is 0 Å². The Morgan fingerprint density at radius 3 is 2.71 bits per heavy atom. The summed E-state index contributed by atoms with van der Waals surface area (Å²) >= 11 is 0. The van der Waals surface area contributed by atoms with Gasteiger partial charge in [-0.1, -0.05) is 18.2 Å². The number of hydrogen-bond acceptors (Lipinski definition) is 3. The third-order valence-electron chi connectivity index (χ3n) is 3.19. The fourth-order valence-electron chi connectivity index (χ4n) is 2.13. The van der Waals surface area contributed by atoms with E-state index in [1.165, 1.54) is 6.26 Å². The van der Waals surface area contributed by atoms with E-state index in [2.05, 4.69) is 0 Å². The molecule has 2 atom stereocenters. The first kappa shape index (κ1) is 10.1. The molecule has 4 heteroatoms. The minimum absolute atomic E-state index is 0.123. The fourth-order valence-corrected chi connectivity index (χ4v) is 2.13. The second-order valence-corrected chi connectivity index (χ2v) is 4.30. The van der Waals surface area contributed by atoms with E-state index in [1.54, 1.807) is 6.07 Å². The molecule has 1 aromatic heterocycles. The van der Waals surface area contributed by atoms with Crippen LogP contribution in [-0.4, -0.2) is 16.9 Å². The molecule has 3 rings (SSSR count). The number of carboxylic acid groups (broad SMARTS) is 1. The van der Waals surface area contributed by atoms with Crippen LogP contribution in [-0.2, 0) is 4.79 Å². The Morgan fingerprint density at radius 2 is 2.00 bits per heavy atom. The summed E-state index contributed by atoms with van der Waals surface area (Å²) in [5.74, 6) is -1.91. The van der Waals surface area contributed by atoms with Gasteiger partial charge >= 0.3 is 5.97 Å². The molecule has 1 fully saturated rings. The maximum Gasteiger partial charge on any atom is 0.307 e. The summed E-state index contributed by atoms with van der Waals surface area (Å²) in [7, 11) is 0. The lowest BCUT2D eigenvalue weighted by molar-refractivity contribution is -0.138. The number of aliphatic carboxylic acids is 1. The highest BCUT2D eigenvalue weighted by atomic mass is 16.4.